The minimum Gasteiger partial charge on any atom is -0.341 e. The highest BCUT2D eigenvalue weighted by Gasteiger charge is 2.21. The Bertz CT molecular complexity index is 454. The van der Waals surface area contributed by atoms with Crippen LogP contribution in [0.1, 0.15) is 44.6 Å². The van der Waals surface area contributed by atoms with Crippen molar-refractivity contribution < 1.29 is 4.79 Å². The van der Waals surface area contributed by atoms with Crippen LogP contribution in [0.4, 0.5) is 0 Å². The number of nitrogens with zero attached hydrogens (tertiary/aromatic N) is 1. The molecule has 0 bridgehead atoms. The molecule has 0 aromatic heterocycles. The number of hydrogen-bond acceptors (Lipinski definition) is 2. The first-order valence-electron chi connectivity index (χ1n) is 7.86. The summed E-state index contributed by atoms with van der Waals surface area (Å²) in [6.07, 6.45) is 3.00. The van der Waals surface area contributed by atoms with Gasteiger partial charge in [0.05, 0.1) is 0 Å². The van der Waals surface area contributed by atoms with E-state index >= 15 is 0 Å². The number of rotatable bonds is 6. The molecule has 2 rings (SSSR count). The van der Waals surface area contributed by atoms with E-state index in [9.17, 15) is 4.79 Å². The van der Waals surface area contributed by atoms with Crippen LogP contribution in [-0.2, 0) is 4.79 Å². The maximum absolute atomic E-state index is 12.5. The average Bonchev–Trinajstić information content (AvgIpc) is 2.98. The van der Waals surface area contributed by atoms with Gasteiger partial charge in [0.15, 0.2) is 0 Å². The van der Waals surface area contributed by atoms with Gasteiger partial charge >= 0.3 is 0 Å². The summed E-state index contributed by atoms with van der Waals surface area (Å²) < 4.78 is 1.08. The lowest BCUT2D eigenvalue weighted by Gasteiger charge is -2.26. The van der Waals surface area contributed by atoms with E-state index in [1.165, 1.54) is 18.4 Å². The van der Waals surface area contributed by atoms with Crippen molar-refractivity contribution >= 4 is 21.8 Å². The normalized spacial score (nSPS) is 19.5. The van der Waals surface area contributed by atoms with Crippen molar-refractivity contribution in [3.8, 4) is 0 Å². The van der Waals surface area contributed by atoms with Crippen LogP contribution >= 0.6 is 15.9 Å². The summed E-state index contributed by atoms with van der Waals surface area (Å²) in [5, 5.41) is 3.47. The Kier molecular flexibility index (Phi) is 6.24. The second-order valence-electron chi connectivity index (χ2n) is 5.88. The van der Waals surface area contributed by atoms with E-state index in [4.69, 9.17) is 0 Å². The summed E-state index contributed by atoms with van der Waals surface area (Å²) in [5.74, 6) is 0.526. The van der Waals surface area contributed by atoms with E-state index in [2.05, 4.69) is 47.2 Å². The standard InChI is InChI=1S/C17H25BrN2O/c1-3-20(12-16-5-4-10-19-16)17(21)11-13(2)14-6-8-15(18)9-7-14/h6-9,13,16,19H,3-5,10-12H2,1-2H3. The smallest absolute Gasteiger partial charge is 0.223 e. The highest BCUT2D eigenvalue weighted by molar-refractivity contribution is 9.10. The minimum atomic E-state index is 0.260. The maximum atomic E-state index is 12.5. The molecule has 2 unspecified atom stereocenters. The monoisotopic (exact) mass is 352 g/mol. The summed E-state index contributed by atoms with van der Waals surface area (Å²) in [5.41, 5.74) is 1.22. The molecule has 1 saturated heterocycles. The quantitative estimate of drug-likeness (QED) is 0.848. The first-order valence-corrected chi connectivity index (χ1v) is 8.66. The molecule has 1 aromatic carbocycles. The molecular formula is C17H25BrN2O. The van der Waals surface area contributed by atoms with Crippen molar-refractivity contribution in [1.29, 1.82) is 0 Å². The van der Waals surface area contributed by atoms with Crippen LogP contribution in [0.2, 0.25) is 0 Å². The molecule has 1 heterocycles. The Hall–Kier alpha value is -0.870. The number of nitrogens with one attached hydrogen (secondary N) is 1. The van der Waals surface area contributed by atoms with Gasteiger partial charge in [-0.05, 0) is 49.9 Å². The van der Waals surface area contributed by atoms with E-state index < -0.39 is 0 Å². The molecular weight excluding hydrogens is 328 g/mol. The fourth-order valence-corrected chi connectivity index (χ4v) is 3.15. The molecule has 1 aromatic rings. The van der Waals surface area contributed by atoms with Crippen molar-refractivity contribution in [3.63, 3.8) is 0 Å². The molecule has 1 fully saturated rings. The Morgan fingerprint density at radius 1 is 1.43 bits per heavy atom. The summed E-state index contributed by atoms with van der Waals surface area (Å²) in [6, 6.07) is 8.75. The Morgan fingerprint density at radius 3 is 2.71 bits per heavy atom. The predicted molar refractivity (Wildman–Crippen MR) is 90.5 cm³/mol. The SMILES string of the molecule is CCN(CC1CCCN1)C(=O)CC(C)c1ccc(Br)cc1. The van der Waals surface area contributed by atoms with Crippen molar-refractivity contribution in [2.75, 3.05) is 19.6 Å². The Balaban J connectivity index is 1.89. The number of halogens is 1. The molecule has 0 saturated carbocycles. The van der Waals surface area contributed by atoms with Crippen molar-refractivity contribution in [1.82, 2.24) is 10.2 Å². The predicted octanol–water partition coefficient (Wildman–Crippen LogP) is 3.54. The van der Waals surface area contributed by atoms with E-state index in [1.807, 2.05) is 17.0 Å². The largest absolute Gasteiger partial charge is 0.341 e. The highest BCUT2D eigenvalue weighted by Crippen LogP contribution is 2.22. The van der Waals surface area contributed by atoms with Gasteiger partial charge in [0, 0.05) is 30.0 Å². The zero-order chi connectivity index (χ0) is 15.2. The van der Waals surface area contributed by atoms with Crippen LogP contribution in [0.3, 0.4) is 0 Å². The van der Waals surface area contributed by atoms with Crippen molar-refractivity contribution in [2.45, 2.75) is 45.1 Å². The summed E-state index contributed by atoms with van der Waals surface area (Å²) in [6.45, 7) is 6.93. The van der Waals surface area contributed by atoms with E-state index in [0.717, 1.165) is 24.1 Å². The molecule has 0 aliphatic carbocycles. The van der Waals surface area contributed by atoms with Crippen molar-refractivity contribution in [3.05, 3.63) is 34.3 Å². The number of amides is 1. The number of carbonyl (C=O) groups excluding carboxylic acids is 1. The molecule has 3 nitrogen and oxygen atoms in total. The van der Waals surface area contributed by atoms with Gasteiger partial charge in [0.25, 0.3) is 0 Å². The topological polar surface area (TPSA) is 32.3 Å². The molecule has 1 aliphatic rings. The second kappa shape index (κ2) is 7.95. The van der Waals surface area contributed by atoms with Crippen LogP contribution in [0.25, 0.3) is 0 Å². The minimum absolute atomic E-state index is 0.260. The lowest BCUT2D eigenvalue weighted by Crippen LogP contribution is -2.41. The van der Waals surface area contributed by atoms with Crippen LogP contribution in [-0.4, -0.2) is 36.5 Å². The van der Waals surface area contributed by atoms with E-state index in [1.54, 1.807) is 0 Å². The lowest BCUT2D eigenvalue weighted by molar-refractivity contribution is -0.131. The third-order valence-electron chi connectivity index (χ3n) is 4.26. The fraction of sp³-hybridized carbons (Fsp3) is 0.588. The molecule has 4 heteroatoms. The van der Waals surface area contributed by atoms with E-state index in [0.29, 0.717) is 12.5 Å². The van der Waals surface area contributed by atoms with Crippen LogP contribution < -0.4 is 5.32 Å². The van der Waals surface area contributed by atoms with Gasteiger partial charge in [0.1, 0.15) is 0 Å². The maximum Gasteiger partial charge on any atom is 0.223 e. The summed E-state index contributed by atoms with van der Waals surface area (Å²) >= 11 is 3.45. The molecule has 2 atom stereocenters. The van der Waals surface area contributed by atoms with Crippen LogP contribution in [0.15, 0.2) is 28.7 Å². The van der Waals surface area contributed by atoms with E-state index in [-0.39, 0.29) is 11.8 Å². The third kappa shape index (κ3) is 4.82. The molecule has 1 aliphatic heterocycles. The highest BCUT2D eigenvalue weighted by atomic mass is 79.9. The van der Waals surface area contributed by atoms with Gasteiger partial charge in [-0.3, -0.25) is 4.79 Å². The first-order chi connectivity index (χ1) is 10.1. The zero-order valence-corrected chi connectivity index (χ0v) is 14.5. The van der Waals surface area contributed by atoms with Crippen LogP contribution in [0, 0.1) is 0 Å². The third-order valence-corrected chi connectivity index (χ3v) is 4.79. The van der Waals surface area contributed by atoms with Crippen LogP contribution in [0.5, 0.6) is 0 Å². The Labute approximate surface area is 136 Å². The van der Waals surface area contributed by atoms with Gasteiger partial charge < -0.3 is 10.2 Å². The molecule has 1 N–H and O–H groups in total. The van der Waals surface area contributed by atoms with Gasteiger partial charge in [0.2, 0.25) is 5.91 Å². The average molecular weight is 353 g/mol. The lowest BCUT2D eigenvalue weighted by atomic mass is 9.97. The number of hydrogen-bond donors (Lipinski definition) is 1. The van der Waals surface area contributed by atoms with Gasteiger partial charge in [-0.25, -0.2) is 0 Å². The van der Waals surface area contributed by atoms with Gasteiger partial charge in [-0.2, -0.15) is 0 Å². The van der Waals surface area contributed by atoms with Gasteiger partial charge in [-0.15, -0.1) is 0 Å². The molecule has 0 radical (unpaired) electrons. The first kappa shape index (κ1) is 16.5. The van der Waals surface area contributed by atoms with Crippen molar-refractivity contribution in [2.24, 2.45) is 0 Å². The molecule has 0 spiro atoms. The summed E-state index contributed by atoms with van der Waals surface area (Å²) in [4.78, 5) is 14.5. The fourth-order valence-electron chi connectivity index (χ4n) is 2.89. The summed E-state index contributed by atoms with van der Waals surface area (Å²) in [7, 11) is 0. The molecule has 21 heavy (non-hydrogen) atoms. The Morgan fingerprint density at radius 2 is 2.14 bits per heavy atom. The second-order valence-corrected chi connectivity index (χ2v) is 6.80. The number of likely N-dealkylation sites (N-methyl/N-ethyl adjacent to an activating group) is 1. The zero-order valence-electron chi connectivity index (χ0n) is 12.9. The molecule has 1 amide bonds. The molecule has 116 valence electrons. The van der Waals surface area contributed by atoms with Gasteiger partial charge in [-0.1, -0.05) is 35.0 Å². The number of carbonyl (C=O) groups is 1. The number of benzene rings is 1.